The number of aromatic amines is 1. The van der Waals surface area contributed by atoms with Gasteiger partial charge in [-0.25, -0.2) is 9.97 Å². The van der Waals surface area contributed by atoms with Crippen molar-refractivity contribution in [2.24, 2.45) is 0 Å². The van der Waals surface area contributed by atoms with Gasteiger partial charge in [0.15, 0.2) is 16.6 Å². The van der Waals surface area contributed by atoms with Crippen LogP contribution < -0.4 is 30.7 Å². The summed E-state index contributed by atoms with van der Waals surface area (Å²) in [5.41, 5.74) is -1.12. The summed E-state index contributed by atoms with van der Waals surface area (Å²) in [6, 6.07) is 3.85. The highest BCUT2D eigenvalue weighted by atomic mass is 35.5. The lowest BCUT2D eigenvalue weighted by atomic mass is 10.1. The van der Waals surface area contributed by atoms with Crippen molar-refractivity contribution in [2.75, 3.05) is 62.5 Å². The van der Waals surface area contributed by atoms with Gasteiger partial charge >= 0.3 is 6.18 Å². The van der Waals surface area contributed by atoms with Gasteiger partial charge in [-0.15, -0.1) is 0 Å². The minimum Gasteiger partial charge on any atom is -0.482 e. The molecule has 0 radical (unpaired) electrons. The predicted octanol–water partition coefficient (Wildman–Crippen LogP) is 3.39. The van der Waals surface area contributed by atoms with E-state index in [1.165, 1.54) is 30.5 Å². The maximum atomic E-state index is 14.1. The molecule has 5 rings (SSSR count). The molecule has 13 nitrogen and oxygen atoms in total. The number of hydrogen-bond acceptors (Lipinski definition) is 9. The summed E-state index contributed by atoms with van der Waals surface area (Å²) in [5.74, 6) is -0.690. The van der Waals surface area contributed by atoms with E-state index in [-0.39, 0.29) is 71.7 Å². The van der Waals surface area contributed by atoms with Crippen molar-refractivity contribution in [2.45, 2.75) is 26.1 Å². The van der Waals surface area contributed by atoms with E-state index >= 15 is 0 Å². The van der Waals surface area contributed by atoms with Gasteiger partial charge in [-0.2, -0.15) is 13.2 Å². The minimum absolute atomic E-state index is 0.00724. The van der Waals surface area contributed by atoms with Crippen LogP contribution in [-0.2, 0) is 23.9 Å². The lowest BCUT2D eigenvalue weighted by Crippen LogP contribution is -2.51. The lowest BCUT2D eigenvalue weighted by Gasteiger charge is -2.37. The number of rotatable bonds is 8. The number of nitrogens with zero attached hydrogens (tertiary/aromatic N) is 6. The molecule has 0 aliphatic carbocycles. The van der Waals surface area contributed by atoms with Crippen LogP contribution in [0.2, 0.25) is 5.02 Å². The molecule has 1 aliphatic heterocycles. The molecule has 1 fully saturated rings. The van der Waals surface area contributed by atoms with Gasteiger partial charge < -0.3 is 34.3 Å². The Kier molecular flexibility index (Phi) is 9.66. The summed E-state index contributed by atoms with van der Waals surface area (Å²) in [7, 11) is 4.82. The number of fused-ring (bicyclic) bond motifs is 1. The van der Waals surface area contributed by atoms with E-state index < -0.39 is 34.4 Å². The first-order valence-electron chi connectivity index (χ1n) is 14.8. The number of anilines is 3. The number of ether oxygens (including phenoxy) is 1. The number of benzene rings is 1. The van der Waals surface area contributed by atoms with Crippen molar-refractivity contribution in [1.82, 2.24) is 24.4 Å². The average molecular weight is 689 g/mol. The Morgan fingerprint density at radius 1 is 1.12 bits per heavy atom. The summed E-state index contributed by atoms with van der Waals surface area (Å²) >= 11 is 6.08. The summed E-state index contributed by atoms with van der Waals surface area (Å²) in [6.07, 6.45) is -1.47. The fourth-order valence-electron chi connectivity index (χ4n) is 5.53. The molecule has 1 aliphatic rings. The Morgan fingerprint density at radius 3 is 2.44 bits per heavy atom. The number of carbonyl (C=O) groups is 2. The number of methoxy groups -OCH3 is 1. The van der Waals surface area contributed by atoms with Gasteiger partial charge in [0.05, 0.1) is 29.6 Å². The third kappa shape index (κ3) is 6.65. The molecule has 0 bridgehead atoms. The first kappa shape index (κ1) is 34.2. The Balaban J connectivity index is 1.50. The van der Waals surface area contributed by atoms with Crippen molar-refractivity contribution >= 4 is 51.8 Å². The number of carbonyl (C=O) groups excluding carboxylic acids is 2. The molecule has 1 saturated heterocycles. The van der Waals surface area contributed by atoms with Gasteiger partial charge in [0.25, 0.3) is 5.91 Å². The zero-order valence-electron chi connectivity index (χ0n) is 26.4. The van der Waals surface area contributed by atoms with Crippen LogP contribution >= 0.6 is 11.6 Å². The number of H-pyrrole nitrogens is 1. The molecule has 0 spiro atoms. The molecule has 3 aromatic heterocycles. The molecule has 48 heavy (non-hydrogen) atoms. The fraction of sp³-hybridized carbons (Fsp3) is 0.355. The highest BCUT2D eigenvalue weighted by molar-refractivity contribution is 6.33. The topological polar surface area (TPSA) is 146 Å². The standard InChI is InChI=1S/C31H32ClF3N8O5/c1-5-20-26(41-10-12-42(13-11-41)30(47)24-21(44)8-9-36-29(24)48-4)27(46)25-28(37-15-22(39-25)40(2)3)43(20)16-23(45)38-19-7-6-17(14-18(19)32)31(33,34)35/h6-9,14-15H,5,10-13,16H2,1-4H3,(H,36,44)(H,38,45). The normalized spacial score (nSPS) is 13.5. The molecular formula is C31H32ClF3N8O5. The van der Waals surface area contributed by atoms with Crippen LogP contribution in [0.4, 0.5) is 30.4 Å². The fourth-order valence-corrected chi connectivity index (χ4v) is 5.76. The third-order valence-corrected chi connectivity index (χ3v) is 8.23. The molecule has 2 amide bonds. The number of pyridine rings is 2. The van der Waals surface area contributed by atoms with Gasteiger partial charge in [-0.05, 0) is 24.6 Å². The van der Waals surface area contributed by atoms with E-state index in [0.29, 0.717) is 17.9 Å². The van der Waals surface area contributed by atoms with Crippen LogP contribution in [0.25, 0.3) is 11.2 Å². The number of alkyl halides is 3. The lowest BCUT2D eigenvalue weighted by molar-refractivity contribution is -0.137. The SMILES string of the molecule is CCc1c(N2CCN(C(=O)c3c(OC)[nH]ccc3=O)CC2)c(=O)c2nc(N(C)C)cnc2n1CC(=O)Nc1ccc(C(F)(F)F)cc1Cl. The second-order valence-corrected chi connectivity index (χ2v) is 11.5. The van der Waals surface area contributed by atoms with Crippen LogP contribution in [0.1, 0.15) is 28.5 Å². The smallest absolute Gasteiger partial charge is 0.416 e. The van der Waals surface area contributed by atoms with Crippen LogP contribution in [0, 0.1) is 0 Å². The highest BCUT2D eigenvalue weighted by Crippen LogP contribution is 2.34. The third-order valence-electron chi connectivity index (χ3n) is 7.91. The monoisotopic (exact) mass is 688 g/mol. The van der Waals surface area contributed by atoms with Gasteiger partial charge in [-0.3, -0.25) is 19.2 Å². The zero-order valence-corrected chi connectivity index (χ0v) is 27.2. The maximum Gasteiger partial charge on any atom is 0.416 e. The molecule has 0 saturated carbocycles. The molecule has 1 aromatic carbocycles. The molecule has 2 N–H and O–H groups in total. The molecule has 4 heterocycles. The van der Waals surface area contributed by atoms with E-state index in [9.17, 15) is 32.3 Å². The van der Waals surface area contributed by atoms with Crippen LogP contribution in [-0.4, -0.2) is 83.6 Å². The molecule has 0 unspecified atom stereocenters. The van der Waals surface area contributed by atoms with Crippen molar-refractivity contribution in [3.05, 3.63) is 78.9 Å². The average Bonchev–Trinajstić information content (AvgIpc) is 3.05. The van der Waals surface area contributed by atoms with Gasteiger partial charge in [-0.1, -0.05) is 18.5 Å². The molecule has 17 heteroatoms. The van der Waals surface area contributed by atoms with Crippen LogP contribution in [0.15, 0.2) is 46.2 Å². The summed E-state index contributed by atoms with van der Waals surface area (Å²) in [5, 5.41) is 2.26. The summed E-state index contributed by atoms with van der Waals surface area (Å²) in [4.78, 5) is 70.1. The Bertz CT molecular complexity index is 2010. The van der Waals surface area contributed by atoms with E-state index in [1.54, 1.807) is 30.5 Å². The molecular weight excluding hydrogens is 657 g/mol. The van der Waals surface area contributed by atoms with Gasteiger partial charge in [0.1, 0.15) is 23.6 Å². The first-order chi connectivity index (χ1) is 22.7. The minimum atomic E-state index is -4.61. The molecule has 0 atom stereocenters. The number of nitrogens with one attached hydrogen (secondary N) is 2. The van der Waals surface area contributed by atoms with Crippen molar-refractivity contribution in [1.29, 1.82) is 0 Å². The maximum absolute atomic E-state index is 14.1. The van der Waals surface area contributed by atoms with E-state index in [4.69, 9.17) is 16.3 Å². The Labute approximate surface area is 276 Å². The van der Waals surface area contributed by atoms with Crippen molar-refractivity contribution < 1.29 is 27.5 Å². The number of halogens is 4. The van der Waals surface area contributed by atoms with Crippen molar-refractivity contribution in [3.8, 4) is 5.88 Å². The first-order valence-corrected chi connectivity index (χ1v) is 15.2. The summed E-state index contributed by atoms with van der Waals surface area (Å²) < 4.78 is 46.2. The predicted molar refractivity (Wildman–Crippen MR) is 174 cm³/mol. The van der Waals surface area contributed by atoms with E-state index in [0.717, 1.165) is 18.2 Å². The second-order valence-electron chi connectivity index (χ2n) is 11.1. The quantitative estimate of drug-likeness (QED) is 0.285. The summed E-state index contributed by atoms with van der Waals surface area (Å²) in [6.45, 7) is 2.23. The largest absolute Gasteiger partial charge is 0.482 e. The molecule has 4 aromatic rings. The highest BCUT2D eigenvalue weighted by Gasteiger charge is 2.32. The zero-order chi connectivity index (χ0) is 34.9. The second kappa shape index (κ2) is 13.5. The van der Waals surface area contributed by atoms with Crippen molar-refractivity contribution in [3.63, 3.8) is 0 Å². The Hall–Kier alpha value is -5.12. The number of amides is 2. The van der Waals surface area contributed by atoms with Gasteiger partial charge in [0.2, 0.25) is 17.2 Å². The van der Waals surface area contributed by atoms with Crippen LogP contribution in [0.3, 0.4) is 0 Å². The van der Waals surface area contributed by atoms with E-state index in [1.807, 2.05) is 4.90 Å². The van der Waals surface area contributed by atoms with Gasteiger partial charge in [0, 0.05) is 58.2 Å². The van der Waals surface area contributed by atoms with Crippen LogP contribution in [0.5, 0.6) is 5.88 Å². The Morgan fingerprint density at radius 2 is 1.83 bits per heavy atom. The molecule has 254 valence electrons. The number of aromatic nitrogens is 4. The number of piperazine rings is 1. The number of hydrogen-bond donors (Lipinski definition) is 2. The van der Waals surface area contributed by atoms with E-state index in [2.05, 4.69) is 20.3 Å².